The molecule has 2 aromatic heterocycles. The predicted octanol–water partition coefficient (Wildman–Crippen LogP) is 3.18. The van der Waals surface area contributed by atoms with Crippen molar-refractivity contribution in [3.05, 3.63) is 70.5 Å². The fourth-order valence-corrected chi connectivity index (χ4v) is 2.56. The van der Waals surface area contributed by atoms with Crippen molar-refractivity contribution in [1.29, 1.82) is 0 Å². The molecule has 2 heterocycles. The van der Waals surface area contributed by atoms with Crippen molar-refractivity contribution < 1.29 is 18.9 Å². The molecule has 140 valence electrons. The third-order valence-electron chi connectivity index (χ3n) is 3.94. The van der Waals surface area contributed by atoms with Crippen LogP contribution in [0.15, 0.2) is 59.0 Å². The lowest BCUT2D eigenvalue weighted by Crippen LogP contribution is -2.10. The number of carbonyl (C=O) groups is 1. The highest BCUT2D eigenvalue weighted by molar-refractivity contribution is 6.03. The molecule has 0 atom stereocenters. The van der Waals surface area contributed by atoms with E-state index in [9.17, 15) is 14.9 Å². The van der Waals surface area contributed by atoms with E-state index in [0.29, 0.717) is 16.7 Å². The molecule has 0 unspecified atom stereocenters. The highest BCUT2D eigenvalue weighted by Gasteiger charge is 2.17. The Morgan fingerprint density at radius 1 is 1.11 bits per heavy atom. The van der Waals surface area contributed by atoms with Gasteiger partial charge in [-0.1, -0.05) is 0 Å². The smallest absolute Gasteiger partial charge is 0.433 e. The fourth-order valence-electron chi connectivity index (χ4n) is 2.56. The van der Waals surface area contributed by atoms with Crippen LogP contribution in [0, 0.1) is 10.1 Å². The number of furan rings is 1. The maximum Gasteiger partial charge on any atom is 0.433 e. The van der Waals surface area contributed by atoms with Crippen LogP contribution < -0.4 is 10.1 Å². The molecule has 0 spiro atoms. The van der Waals surface area contributed by atoms with Gasteiger partial charge in [0.15, 0.2) is 5.76 Å². The van der Waals surface area contributed by atoms with E-state index in [1.807, 2.05) is 12.1 Å². The average Bonchev–Trinajstić information content (AvgIpc) is 3.35. The van der Waals surface area contributed by atoms with Gasteiger partial charge in [-0.25, -0.2) is 0 Å². The zero-order valence-corrected chi connectivity index (χ0v) is 14.5. The largest absolute Gasteiger partial charge is 0.497 e. The molecule has 0 bridgehead atoms. The van der Waals surface area contributed by atoms with E-state index in [1.165, 1.54) is 10.9 Å². The predicted molar refractivity (Wildman–Crippen MR) is 98.7 cm³/mol. The second kappa shape index (κ2) is 6.83. The van der Waals surface area contributed by atoms with E-state index in [1.54, 1.807) is 37.4 Å². The average molecular weight is 379 g/mol. The Hall–Kier alpha value is -4.21. The molecule has 0 aliphatic carbocycles. The van der Waals surface area contributed by atoms with Gasteiger partial charge < -0.3 is 14.5 Å². The third-order valence-corrected chi connectivity index (χ3v) is 3.94. The zero-order valence-electron chi connectivity index (χ0n) is 14.5. The first kappa shape index (κ1) is 17.2. The minimum Gasteiger partial charge on any atom is -0.497 e. The molecule has 0 fully saturated rings. The van der Waals surface area contributed by atoms with E-state index in [0.717, 1.165) is 17.5 Å². The van der Waals surface area contributed by atoms with Gasteiger partial charge in [-0.2, -0.15) is 4.80 Å². The van der Waals surface area contributed by atoms with Gasteiger partial charge in [-0.15, -0.1) is 10.2 Å². The topological polar surface area (TPSA) is 125 Å². The van der Waals surface area contributed by atoms with Crippen molar-refractivity contribution in [3.63, 3.8) is 0 Å². The number of rotatable bonds is 5. The van der Waals surface area contributed by atoms with E-state index in [2.05, 4.69) is 15.5 Å². The molecule has 0 aliphatic rings. The van der Waals surface area contributed by atoms with Crippen LogP contribution in [-0.4, -0.2) is 32.9 Å². The molecule has 28 heavy (non-hydrogen) atoms. The molecular formula is C18H13N5O5. The molecule has 1 N–H and O–H groups in total. The van der Waals surface area contributed by atoms with Crippen LogP contribution in [0.25, 0.3) is 16.7 Å². The van der Waals surface area contributed by atoms with Gasteiger partial charge >= 0.3 is 5.88 Å². The summed E-state index contributed by atoms with van der Waals surface area (Å²) in [7, 11) is 1.59. The summed E-state index contributed by atoms with van der Waals surface area (Å²) in [5, 5.41) is 22.1. The van der Waals surface area contributed by atoms with Crippen LogP contribution in [0.2, 0.25) is 0 Å². The number of anilines is 1. The molecular weight excluding hydrogens is 366 g/mol. The van der Waals surface area contributed by atoms with Gasteiger partial charge in [0.2, 0.25) is 0 Å². The van der Waals surface area contributed by atoms with Gasteiger partial charge in [0.25, 0.3) is 5.91 Å². The van der Waals surface area contributed by atoms with Gasteiger partial charge in [0.05, 0.1) is 18.9 Å². The van der Waals surface area contributed by atoms with E-state index in [4.69, 9.17) is 9.15 Å². The first-order valence-electron chi connectivity index (χ1n) is 8.10. The summed E-state index contributed by atoms with van der Waals surface area (Å²) in [6.45, 7) is 0. The summed E-state index contributed by atoms with van der Waals surface area (Å²) in [5.41, 5.74) is 2.42. The van der Waals surface area contributed by atoms with Crippen molar-refractivity contribution in [2.24, 2.45) is 0 Å². The lowest BCUT2D eigenvalue weighted by Gasteiger charge is -2.02. The number of nitrogens with one attached hydrogen (secondary N) is 1. The number of hydrogen-bond donors (Lipinski definition) is 1. The summed E-state index contributed by atoms with van der Waals surface area (Å²) < 4.78 is 10.0. The Bertz CT molecular complexity index is 1180. The monoisotopic (exact) mass is 379 g/mol. The summed E-state index contributed by atoms with van der Waals surface area (Å²) >= 11 is 0. The Morgan fingerprint density at radius 3 is 2.54 bits per heavy atom. The standard InChI is InChI=1S/C18H13N5O5/c1-27-13-5-3-12(4-6-13)22-20-14-7-2-11(10-15(14)21-22)19-18(24)16-8-9-17(28-16)23(25)26/h2-10H,1H3,(H,19,24). The second-order valence-corrected chi connectivity index (χ2v) is 5.74. The second-order valence-electron chi connectivity index (χ2n) is 5.74. The Labute approximate surface area is 157 Å². The lowest BCUT2D eigenvalue weighted by atomic mass is 10.2. The van der Waals surface area contributed by atoms with Gasteiger partial charge in [0, 0.05) is 5.69 Å². The van der Waals surface area contributed by atoms with Crippen LogP contribution in [0.1, 0.15) is 10.6 Å². The summed E-state index contributed by atoms with van der Waals surface area (Å²) in [4.78, 5) is 23.6. The van der Waals surface area contributed by atoms with E-state index in [-0.39, 0.29) is 5.76 Å². The van der Waals surface area contributed by atoms with Crippen molar-refractivity contribution in [2.75, 3.05) is 12.4 Å². The third kappa shape index (κ3) is 3.26. The highest BCUT2D eigenvalue weighted by atomic mass is 16.6. The number of hydrogen-bond acceptors (Lipinski definition) is 7. The van der Waals surface area contributed by atoms with Crippen LogP contribution in [0.5, 0.6) is 5.75 Å². The SMILES string of the molecule is COc1ccc(-n2nc3ccc(NC(=O)c4ccc([N+](=O)[O-])o4)cc3n2)cc1. The number of aromatic nitrogens is 3. The Balaban J connectivity index is 1.57. The molecule has 0 saturated carbocycles. The van der Waals surface area contributed by atoms with Crippen LogP contribution >= 0.6 is 0 Å². The van der Waals surface area contributed by atoms with Crippen molar-refractivity contribution in [1.82, 2.24) is 15.0 Å². The lowest BCUT2D eigenvalue weighted by molar-refractivity contribution is -0.402. The van der Waals surface area contributed by atoms with Crippen molar-refractivity contribution >= 4 is 28.5 Å². The maximum absolute atomic E-state index is 12.2. The molecule has 0 aliphatic heterocycles. The highest BCUT2D eigenvalue weighted by Crippen LogP contribution is 2.21. The van der Waals surface area contributed by atoms with E-state index < -0.39 is 16.7 Å². The van der Waals surface area contributed by atoms with Gasteiger partial charge in [-0.3, -0.25) is 14.9 Å². The number of fused-ring (bicyclic) bond motifs is 1. The van der Waals surface area contributed by atoms with Crippen LogP contribution in [0.4, 0.5) is 11.6 Å². The molecule has 0 radical (unpaired) electrons. The number of methoxy groups -OCH3 is 1. The fraction of sp³-hybridized carbons (Fsp3) is 0.0556. The normalized spacial score (nSPS) is 10.8. The molecule has 10 nitrogen and oxygen atoms in total. The summed E-state index contributed by atoms with van der Waals surface area (Å²) in [5.74, 6) is -0.532. The number of ether oxygens (including phenoxy) is 1. The number of nitrogens with zero attached hydrogens (tertiary/aromatic N) is 4. The first-order valence-corrected chi connectivity index (χ1v) is 8.10. The summed E-state index contributed by atoms with van der Waals surface area (Å²) in [6, 6.07) is 14.6. The Morgan fingerprint density at radius 2 is 1.86 bits per heavy atom. The molecule has 4 rings (SSSR count). The summed E-state index contributed by atoms with van der Waals surface area (Å²) in [6.07, 6.45) is 0. The van der Waals surface area contributed by atoms with Gasteiger partial charge in [0.1, 0.15) is 21.7 Å². The van der Waals surface area contributed by atoms with Crippen molar-refractivity contribution in [2.45, 2.75) is 0 Å². The van der Waals surface area contributed by atoms with Crippen LogP contribution in [0.3, 0.4) is 0 Å². The number of carbonyl (C=O) groups excluding carboxylic acids is 1. The molecule has 1 amide bonds. The molecule has 10 heteroatoms. The number of benzene rings is 2. The minimum atomic E-state index is -0.708. The van der Waals surface area contributed by atoms with Gasteiger partial charge in [-0.05, 0) is 48.5 Å². The zero-order chi connectivity index (χ0) is 19.7. The first-order chi connectivity index (χ1) is 13.5. The quantitative estimate of drug-likeness (QED) is 0.417. The number of nitro groups is 1. The Kier molecular flexibility index (Phi) is 4.20. The van der Waals surface area contributed by atoms with E-state index >= 15 is 0 Å². The number of amides is 1. The molecule has 0 saturated heterocycles. The molecule has 2 aromatic carbocycles. The van der Waals surface area contributed by atoms with Crippen molar-refractivity contribution in [3.8, 4) is 11.4 Å². The van der Waals surface area contributed by atoms with Crippen LogP contribution in [-0.2, 0) is 0 Å². The minimum absolute atomic E-state index is 0.159. The maximum atomic E-state index is 12.2. The molecule has 4 aromatic rings.